The van der Waals surface area contributed by atoms with Gasteiger partial charge in [0.2, 0.25) is 0 Å². The van der Waals surface area contributed by atoms with E-state index in [1.807, 2.05) is 0 Å². The zero-order valence-electron chi connectivity index (χ0n) is 11.0. The molecule has 1 saturated carbocycles. The van der Waals surface area contributed by atoms with Crippen LogP contribution in [0.25, 0.3) is 0 Å². The third-order valence-electron chi connectivity index (χ3n) is 4.15. The first kappa shape index (κ1) is 12.7. The van der Waals surface area contributed by atoms with E-state index in [9.17, 15) is 0 Å². The molecule has 4 heteroatoms. The number of nitrogens with one attached hydrogen (secondary N) is 1. The molecule has 0 radical (unpaired) electrons. The van der Waals surface area contributed by atoms with E-state index in [-0.39, 0.29) is 0 Å². The van der Waals surface area contributed by atoms with Crippen molar-refractivity contribution >= 4 is 5.96 Å². The summed E-state index contributed by atoms with van der Waals surface area (Å²) in [5.74, 6) is 2.22. The van der Waals surface area contributed by atoms with E-state index in [0.717, 1.165) is 24.9 Å². The lowest BCUT2D eigenvalue weighted by Gasteiger charge is -2.29. The fourth-order valence-corrected chi connectivity index (χ4v) is 2.47. The molecule has 1 saturated heterocycles. The Hall–Kier alpha value is -0.770. The molecule has 2 fully saturated rings. The molecule has 17 heavy (non-hydrogen) atoms. The van der Waals surface area contributed by atoms with Crippen molar-refractivity contribution in [2.75, 3.05) is 33.2 Å². The fourth-order valence-electron chi connectivity index (χ4n) is 2.47. The zero-order valence-corrected chi connectivity index (χ0v) is 11.0. The molecule has 98 valence electrons. The van der Waals surface area contributed by atoms with Crippen molar-refractivity contribution in [1.29, 1.82) is 0 Å². The molecule has 2 aliphatic rings. The van der Waals surface area contributed by atoms with Crippen molar-refractivity contribution in [2.45, 2.75) is 32.1 Å². The highest BCUT2D eigenvalue weighted by Crippen LogP contribution is 2.26. The van der Waals surface area contributed by atoms with Crippen molar-refractivity contribution in [3.8, 4) is 0 Å². The largest absolute Gasteiger partial charge is 0.370 e. The first-order chi connectivity index (χ1) is 8.24. The predicted molar refractivity (Wildman–Crippen MR) is 72.1 cm³/mol. The quantitative estimate of drug-likeness (QED) is 0.568. The van der Waals surface area contributed by atoms with Crippen molar-refractivity contribution in [3.63, 3.8) is 0 Å². The molecule has 0 aromatic heterocycles. The minimum Gasteiger partial charge on any atom is -0.370 e. The Kier molecular flexibility index (Phi) is 4.66. The summed E-state index contributed by atoms with van der Waals surface area (Å²) >= 11 is 0. The number of nitrogens with zero attached hydrogens (tertiary/aromatic N) is 2. The SMILES string of the molecule is CN1CCC(CNC(N)=NCC2CCC2)CC1. The van der Waals surface area contributed by atoms with Crippen LogP contribution in [0.1, 0.15) is 32.1 Å². The number of hydrogen-bond donors (Lipinski definition) is 2. The molecule has 0 aromatic rings. The van der Waals surface area contributed by atoms with Crippen molar-refractivity contribution in [3.05, 3.63) is 0 Å². The Morgan fingerprint density at radius 2 is 1.94 bits per heavy atom. The van der Waals surface area contributed by atoms with Crippen LogP contribution in [0.15, 0.2) is 4.99 Å². The van der Waals surface area contributed by atoms with Gasteiger partial charge in [0.05, 0.1) is 0 Å². The van der Waals surface area contributed by atoms with E-state index < -0.39 is 0 Å². The smallest absolute Gasteiger partial charge is 0.188 e. The lowest BCUT2D eigenvalue weighted by molar-refractivity contribution is 0.220. The van der Waals surface area contributed by atoms with E-state index in [2.05, 4.69) is 22.3 Å². The van der Waals surface area contributed by atoms with E-state index in [1.165, 1.54) is 45.2 Å². The molecular formula is C13H26N4. The summed E-state index contributed by atoms with van der Waals surface area (Å²) in [5, 5.41) is 3.28. The molecule has 4 nitrogen and oxygen atoms in total. The Labute approximate surface area is 105 Å². The van der Waals surface area contributed by atoms with E-state index >= 15 is 0 Å². The molecular weight excluding hydrogens is 212 g/mol. The lowest BCUT2D eigenvalue weighted by atomic mass is 9.86. The third kappa shape index (κ3) is 4.19. The summed E-state index contributed by atoms with van der Waals surface area (Å²) in [6.07, 6.45) is 6.61. The maximum atomic E-state index is 5.87. The maximum Gasteiger partial charge on any atom is 0.188 e. The topological polar surface area (TPSA) is 53.6 Å². The van der Waals surface area contributed by atoms with Crippen LogP contribution in [-0.4, -0.2) is 44.1 Å². The van der Waals surface area contributed by atoms with Gasteiger partial charge >= 0.3 is 0 Å². The number of rotatable bonds is 4. The van der Waals surface area contributed by atoms with E-state index in [0.29, 0.717) is 5.96 Å². The Morgan fingerprint density at radius 1 is 1.24 bits per heavy atom. The molecule has 0 aromatic carbocycles. The molecule has 1 aliphatic heterocycles. The van der Waals surface area contributed by atoms with Gasteiger partial charge in [-0.05, 0) is 57.7 Å². The number of hydrogen-bond acceptors (Lipinski definition) is 2. The van der Waals surface area contributed by atoms with Gasteiger partial charge in [0.15, 0.2) is 5.96 Å². The van der Waals surface area contributed by atoms with Gasteiger partial charge in [-0.1, -0.05) is 6.42 Å². The van der Waals surface area contributed by atoms with E-state index in [4.69, 9.17) is 5.73 Å². The molecule has 0 amide bonds. The third-order valence-corrected chi connectivity index (χ3v) is 4.15. The van der Waals surface area contributed by atoms with Crippen molar-refractivity contribution in [1.82, 2.24) is 10.2 Å². The normalized spacial score (nSPS) is 24.6. The van der Waals surface area contributed by atoms with Crippen LogP contribution in [0.5, 0.6) is 0 Å². The average molecular weight is 238 g/mol. The molecule has 2 rings (SSSR count). The van der Waals surface area contributed by atoms with Crippen LogP contribution < -0.4 is 11.1 Å². The molecule has 0 atom stereocenters. The van der Waals surface area contributed by atoms with E-state index in [1.54, 1.807) is 0 Å². The van der Waals surface area contributed by atoms with Crippen LogP contribution in [-0.2, 0) is 0 Å². The summed E-state index contributed by atoms with van der Waals surface area (Å²) in [5.41, 5.74) is 5.87. The second-order valence-corrected chi connectivity index (χ2v) is 5.65. The van der Waals surface area contributed by atoms with Gasteiger partial charge in [-0.3, -0.25) is 4.99 Å². The highest BCUT2D eigenvalue weighted by molar-refractivity contribution is 5.77. The summed E-state index contributed by atoms with van der Waals surface area (Å²) in [6.45, 7) is 4.34. The summed E-state index contributed by atoms with van der Waals surface area (Å²) in [6, 6.07) is 0. The number of guanidine groups is 1. The molecule has 0 bridgehead atoms. The van der Waals surface area contributed by atoms with Gasteiger partial charge in [0.1, 0.15) is 0 Å². The second-order valence-electron chi connectivity index (χ2n) is 5.65. The fraction of sp³-hybridized carbons (Fsp3) is 0.923. The number of piperidine rings is 1. The molecule has 3 N–H and O–H groups in total. The first-order valence-corrected chi connectivity index (χ1v) is 6.96. The van der Waals surface area contributed by atoms with Gasteiger partial charge in [0, 0.05) is 13.1 Å². The minimum absolute atomic E-state index is 0.649. The molecule has 1 aliphatic carbocycles. The summed E-state index contributed by atoms with van der Waals surface area (Å²) in [7, 11) is 2.19. The summed E-state index contributed by atoms with van der Waals surface area (Å²) < 4.78 is 0. The van der Waals surface area contributed by atoms with Crippen LogP contribution in [0, 0.1) is 11.8 Å². The van der Waals surface area contributed by atoms with Crippen LogP contribution in [0.3, 0.4) is 0 Å². The van der Waals surface area contributed by atoms with Gasteiger partial charge in [-0.25, -0.2) is 0 Å². The Bertz CT molecular complexity index is 252. The van der Waals surface area contributed by atoms with Crippen LogP contribution in [0.4, 0.5) is 0 Å². The maximum absolute atomic E-state index is 5.87. The molecule has 1 heterocycles. The first-order valence-electron chi connectivity index (χ1n) is 6.96. The Morgan fingerprint density at radius 3 is 2.53 bits per heavy atom. The average Bonchev–Trinajstić information content (AvgIpc) is 2.26. The van der Waals surface area contributed by atoms with Gasteiger partial charge in [-0.2, -0.15) is 0 Å². The predicted octanol–water partition coefficient (Wildman–Crippen LogP) is 1.03. The monoisotopic (exact) mass is 238 g/mol. The van der Waals surface area contributed by atoms with Crippen molar-refractivity contribution in [2.24, 2.45) is 22.6 Å². The molecule has 0 spiro atoms. The molecule has 0 unspecified atom stereocenters. The minimum atomic E-state index is 0.649. The highest BCUT2D eigenvalue weighted by atomic mass is 15.1. The zero-order chi connectivity index (χ0) is 12.1. The number of aliphatic imine (C=N–C) groups is 1. The lowest BCUT2D eigenvalue weighted by Crippen LogP contribution is -2.40. The van der Waals surface area contributed by atoms with Gasteiger partial charge in [-0.15, -0.1) is 0 Å². The highest BCUT2D eigenvalue weighted by Gasteiger charge is 2.18. The number of likely N-dealkylation sites (tertiary alicyclic amines) is 1. The number of nitrogens with two attached hydrogens (primary N) is 1. The second kappa shape index (κ2) is 6.24. The van der Waals surface area contributed by atoms with Crippen LogP contribution in [0.2, 0.25) is 0 Å². The van der Waals surface area contributed by atoms with Gasteiger partial charge in [0.25, 0.3) is 0 Å². The van der Waals surface area contributed by atoms with Gasteiger partial charge < -0.3 is 16.0 Å². The summed E-state index contributed by atoms with van der Waals surface area (Å²) in [4.78, 5) is 6.81. The van der Waals surface area contributed by atoms with Crippen molar-refractivity contribution < 1.29 is 0 Å². The van der Waals surface area contributed by atoms with Crippen LogP contribution >= 0.6 is 0 Å². The standard InChI is InChI=1S/C13H26N4/c1-17-7-5-12(6-8-17)10-16-13(14)15-9-11-3-2-4-11/h11-12H,2-10H2,1H3,(H3,14,15,16). The Balaban J connectivity index is 1.59.